The van der Waals surface area contributed by atoms with Gasteiger partial charge >= 0.3 is 0 Å². The van der Waals surface area contributed by atoms with E-state index in [0.29, 0.717) is 12.5 Å². The van der Waals surface area contributed by atoms with Gasteiger partial charge in [0.25, 0.3) is 0 Å². The molecule has 2 rings (SSSR count). The molecule has 2 atom stereocenters. The lowest BCUT2D eigenvalue weighted by molar-refractivity contribution is 0.203. The van der Waals surface area contributed by atoms with Gasteiger partial charge in [0, 0.05) is 16.4 Å². The van der Waals surface area contributed by atoms with Crippen LogP contribution in [0.5, 0.6) is 5.75 Å². The summed E-state index contributed by atoms with van der Waals surface area (Å²) in [5.74, 6) is 1.38. The first kappa shape index (κ1) is 11.4. The Balaban J connectivity index is 2.33. The number of nitrogens with two attached hydrogens (primary N) is 1. The second-order valence-corrected chi connectivity index (χ2v) is 5.78. The topological polar surface area (TPSA) is 35.2 Å². The number of ether oxygens (including phenoxy) is 1. The third-order valence-electron chi connectivity index (χ3n) is 2.75. The zero-order valence-corrected chi connectivity index (χ0v) is 11.6. The molecule has 4 heteroatoms. The Labute approximate surface area is 106 Å². The third kappa shape index (κ3) is 2.37. The summed E-state index contributed by atoms with van der Waals surface area (Å²) >= 11 is 6.98. The third-order valence-corrected chi connectivity index (χ3v) is 3.80. The van der Waals surface area contributed by atoms with Crippen molar-refractivity contribution in [3.8, 4) is 5.75 Å². The van der Waals surface area contributed by atoms with Crippen LogP contribution in [0.1, 0.15) is 12.5 Å². The van der Waals surface area contributed by atoms with Crippen LogP contribution >= 0.6 is 31.9 Å². The van der Waals surface area contributed by atoms with E-state index in [1.54, 1.807) is 0 Å². The molecule has 2 unspecified atom stereocenters. The van der Waals surface area contributed by atoms with Crippen molar-refractivity contribution in [3.63, 3.8) is 0 Å². The van der Waals surface area contributed by atoms with Crippen molar-refractivity contribution in [2.24, 2.45) is 11.7 Å². The zero-order valence-electron chi connectivity index (χ0n) is 8.47. The summed E-state index contributed by atoms with van der Waals surface area (Å²) in [6, 6.07) is 4.29. The molecule has 0 saturated carbocycles. The summed E-state index contributed by atoms with van der Waals surface area (Å²) in [4.78, 5) is 0. The minimum Gasteiger partial charge on any atom is -0.492 e. The maximum absolute atomic E-state index is 5.90. The van der Waals surface area contributed by atoms with E-state index in [-0.39, 0.29) is 6.04 Å². The highest BCUT2D eigenvalue weighted by molar-refractivity contribution is 9.11. The van der Waals surface area contributed by atoms with E-state index in [4.69, 9.17) is 10.5 Å². The van der Waals surface area contributed by atoms with E-state index < -0.39 is 0 Å². The molecule has 1 aliphatic rings. The first-order valence-corrected chi connectivity index (χ1v) is 6.53. The highest BCUT2D eigenvalue weighted by Gasteiger charge is 2.24. The van der Waals surface area contributed by atoms with Crippen molar-refractivity contribution in [3.05, 3.63) is 26.6 Å². The van der Waals surface area contributed by atoms with Crippen LogP contribution in [-0.4, -0.2) is 12.6 Å². The number of hydrogen-bond acceptors (Lipinski definition) is 2. The first-order valence-electron chi connectivity index (χ1n) is 4.94. The molecule has 2 N–H and O–H groups in total. The van der Waals surface area contributed by atoms with Crippen LogP contribution in [0.4, 0.5) is 0 Å². The fourth-order valence-corrected chi connectivity index (χ4v) is 3.22. The SMILES string of the molecule is CC(N)C1COc2c(Br)cc(Br)cc2C1. The molecule has 0 bridgehead atoms. The van der Waals surface area contributed by atoms with Gasteiger partial charge in [0.15, 0.2) is 0 Å². The lowest BCUT2D eigenvalue weighted by atomic mass is 9.92. The summed E-state index contributed by atoms with van der Waals surface area (Å²) in [5.41, 5.74) is 7.12. The van der Waals surface area contributed by atoms with Crippen molar-refractivity contribution >= 4 is 31.9 Å². The largest absolute Gasteiger partial charge is 0.492 e. The van der Waals surface area contributed by atoms with Gasteiger partial charge in [-0.2, -0.15) is 0 Å². The van der Waals surface area contributed by atoms with Crippen LogP contribution in [-0.2, 0) is 6.42 Å². The molecule has 0 aliphatic carbocycles. The lowest BCUT2D eigenvalue weighted by Crippen LogP contribution is -2.35. The van der Waals surface area contributed by atoms with Crippen LogP contribution < -0.4 is 10.5 Å². The predicted octanol–water partition coefficient (Wildman–Crippen LogP) is 3.11. The number of rotatable bonds is 1. The molecular formula is C11H13Br2NO. The van der Waals surface area contributed by atoms with Crippen LogP contribution in [0.15, 0.2) is 21.1 Å². The van der Waals surface area contributed by atoms with Crippen LogP contribution in [0, 0.1) is 5.92 Å². The van der Waals surface area contributed by atoms with Gasteiger partial charge in [0.2, 0.25) is 0 Å². The highest BCUT2D eigenvalue weighted by Crippen LogP contribution is 2.37. The molecule has 1 aliphatic heterocycles. The average Bonchev–Trinajstić information content (AvgIpc) is 2.16. The summed E-state index contributed by atoms with van der Waals surface area (Å²) < 4.78 is 7.82. The van der Waals surface area contributed by atoms with Gasteiger partial charge in [-0.1, -0.05) is 15.9 Å². The number of hydrogen-bond donors (Lipinski definition) is 1. The molecule has 0 aromatic heterocycles. The minimum absolute atomic E-state index is 0.177. The predicted molar refractivity (Wildman–Crippen MR) is 68.2 cm³/mol. The van der Waals surface area contributed by atoms with Crippen LogP contribution in [0.2, 0.25) is 0 Å². The van der Waals surface area contributed by atoms with E-state index in [1.807, 2.05) is 13.0 Å². The summed E-state index contributed by atoms with van der Waals surface area (Å²) in [6.45, 7) is 2.75. The number of fused-ring (bicyclic) bond motifs is 1. The van der Waals surface area contributed by atoms with Crippen molar-refractivity contribution < 1.29 is 4.74 Å². The summed E-state index contributed by atoms with van der Waals surface area (Å²) in [7, 11) is 0. The molecular weight excluding hydrogens is 322 g/mol. The Morgan fingerprint density at radius 3 is 2.87 bits per heavy atom. The van der Waals surface area contributed by atoms with Gasteiger partial charge in [-0.3, -0.25) is 0 Å². The van der Waals surface area contributed by atoms with Gasteiger partial charge in [-0.05, 0) is 47.0 Å². The van der Waals surface area contributed by atoms with E-state index >= 15 is 0 Å². The molecule has 0 amide bonds. The minimum atomic E-state index is 0.177. The second kappa shape index (κ2) is 4.44. The molecule has 1 heterocycles. The van der Waals surface area contributed by atoms with Gasteiger partial charge in [-0.15, -0.1) is 0 Å². The zero-order chi connectivity index (χ0) is 11.0. The fourth-order valence-electron chi connectivity index (χ4n) is 1.80. The summed E-state index contributed by atoms with van der Waals surface area (Å²) in [6.07, 6.45) is 0.991. The van der Waals surface area contributed by atoms with Gasteiger partial charge in [-0.25, -0.2) is 0 Å². The lowest BCUT2D eigenvalue weighted by Gasteiger charge is -2.28. The highest BCUT2D eigenvalue weighted by atomic mass is 79.9. The second-order valence-electron chi connectivity index (χ2n) is 4.01. The van der Waals surface area contributed by atoms with E-state index in [0.717, 1.165) is 21.1 Å². The molecule has 15 heavy (non-hydrogen) atoms. The van der Waals surface area contributed by atoms with Gasteiger partial charge in [0.1, 0.15) is 5.75 Å². The molecule has 0 fully saturated rings. The van der Waals surface area contributed by atoms with E-state index in [1.165, 1.54) is 5.56 Å². The van der Waals surface area contributed by atoms with Crippen molar-refractivity contribution in [2.75, 3.05) is 6.61 Å². The maximum atomic E-state index is 5.90. The number of benzene rings is 1. The van der Waals surface area contributed by atoms with Gasteiger partial charge < -0.3 is 10.5 Å². The molecule has 0 saturated heterocycles. The molecule has 0 spiro atoms. The van der Waals surface area contributed by atoms with Crippen LogP contribution in [0.25, 0.3) is 0 Å². The van der Waals surface area contributed by atoms with Crippen molar-refractivity contribution in [1.82, 2.24) is 0 Å². The van der Waals surface area contributed by atoms with E-state index in [9.17, 15) is 0 Å². The average molecular weight is 335 g/mol. The smallest absolute Gasteiger partial charge is 0.136 e. The van der Waals surface area contributed by atoms with Gasteiger partial charge in [0.05, 0.1) is 11.1 Å². The molecule has 1 aromatic rings. The van der Waals surface area contributed by atoms with Crippen molar-refractivity contribution in [2.45, 2.75) is 19.4 Å². The fraction of sp³-hybridized carbons (Fsp3) is 0.455. The summed E-state index contributed by atoms with van der Waals surface area (Å²) in [5, 5.41) is 0. The standard InChI is InChI=1S/C11H13Br2NO/c1-6(14)8-2-7-3-9(12)4-10(13)11(7)15-5-8/h3-4,6,8H,2,5,14H2,1H3. The Hall–Kier alpha value is -0.0600. The molecule has 2 nitrogen and oxygen atoms in total. The Bertz CT molecular complexity index is 379. The maximum Gasteiger partial charge on any atom is 0.136 e. The normalized spacial score (nSPS) is 21.7. The molecule has 82 valence electrons. The number of halogens is 2. The van der Waals surface area contributed by atoms with Crippen LogP contribution in [0.3, 0.4) is 0 Å². The first-order chi connectivity index (χ1) is 7.08. The van der Waals surface area contributed by atoms with E-state index in [2.05, 4.69) is 37.9 Å². The Morgan fingerprint density at radius 2 is 2.20 bits per heavy atom. The molecule has 1 aromatic carbocycles. The monoisotopic (exact) mass is 333 g/mol. The Kier molecular flexibility index (Phi) is 3.38. The van der Waals surface area contributed by atoms with Crippen molar-refractivity contribution in [1.29, 1.82) is 0 Å². The molecule has 0 radical (unpaired) electrons. The Morgan fingerprint density at radius 1 is 1.47 bits per heavy atom. The quantitative estimate of drug-likeness (QED) is 0.856.